The van der Waals surface area contributed by atoms with E-state index < -0.39 is 11.0 Å². The number of nitrogens with zero attached hydrogens (tertiary/aromatic N) is 1. The van der Waals surface area contributed by atoms with E-state index in [0.717, 1.165) is 5.01 Å². The number of thiazole rings is 1. The molecule has 0 aliphatic carbocycles. The summed E-state index contributed by atoms with van der Waals surface area (Å²) in [6.07, 6.45) is 2.10. The van der Waals surface area contributed by atoms with E-state index in [1.165, 1.54) is 11.3 Å². The van der Waals surface area contributed by atoms with Crippen molar-refractivity contribution in [2.75, 3.05) is 0 Å². The standard InChI is InChI=1S/C11H18N2OS/c1-10(2,11(3,4)12)8(14)7-9-13-5-6-15-9/h5-6H,7,12H2,1-4H3. The molecule has 1 heterocycles. The monoisotopic (exact) mass is 226 g/mol. The van der Waals surface area contributed by atoms with Gasteiger partial charge in [0.05, 0.1) is 11.4 Å². The normalized spacial score (nSPS) is 12.9. The molecule has 4 heteroatoms. The molecular formula is C11H18N2OS. The van der Waals surface area contributed by atoms with Gasteiger partial charge in [-0.05, 0) is 13.8 Å². The number of nitrogens with two attached hydrogens (primary N) is 1. The predicted molar refractivity (Wildman–Crippen MR) is 62.9 cm³/mol. The van der Waals surface area contributed by atoms with Crippen molar-refractivity contribution < 1.29 is 4.79 Å². The molecule has 0 aliphatic heterocycles. The van der Waals surface area contributed by atoms with Crippen LogP contribution in [-0.2, 0) is 11.2 Å². The van der Waals surface area contributed by atoms with Gasteiger partial charge < -0.3 is 5.73 Å². The first-order valence-corrected chi connectivity index (χ1v) is 5.83. The van der Waals surface area contributed by atoms with Gasteiger partial charge in [0.15, 0.2) is 0 Å². The van der Waals surface area contributed by atoms with Crippen molar-refractivity contribution in [1.29, 1.82) is 0 Å². The molecule has 0 saturated carbocycles. The van der Waals surface area contributed by atoms with Crippen LogP contribution >= 0.6 is 11.3 Å². The van der Waals surface area contributed by atoms with E-state index in [0.29, 0.717) is 6.42 Å². The van der Waals surface area contributed by atoms with E-state index >= 15 is 0 Å². The van der Waals surface area contributed by atoms with Crippen LogP contribution in [0.3, 0.4) is 0 Å². The van der Waals surface area contributed by atoms with Crippen molar-refractivity contribution in [3.8, 4) is 0 Å². The van der Waals surface area contributed by atoms with Gasteiger partial charge in [-0.25, -0.2) is 4.98 Å². The molecule has 0 bridgehead atoms. The summed E-state index contributed by atoms with van der Waals surface area (Å²) in [5.41, 5.74) is 4.96. The lowest BCUT2D eigenvalue weighted by molar-refractivity contribution is -0.129. The van der Waals surface area contributed by atoms with Gasteiger partial charge in [-0.2, -0.15) is 0 Å². The Kier molecular flexibility index (Phi) is 3.31. The molecule has 0 aliphatic rings. The third-order valence-corrected chi connectivity index (χ3v) is 3.88. The molecular weight excluding hydrogens is 208 g/mol. The number of carbonyl (C=O) groups excluding carboxylic acids is 1. The number of hydrogen-bond acceptors (Lipinski definition) is 4. The van der Waals surface area contributed by atoms with Gasteiger partial charge >= 0.3 is 0 Å². The fourth-order valence-corrected chi connectivity index (χ4v) is 1.67. The van der Waals surface area contributed by atoms with Crippen molar-refractivity contribution in [1.82, 2.24) is 4.98 Å². The van der Waals surface area contributed by atoms with Crippen molar-refractivity contribution in [3.63, 3.8) is 0 Å². The quantitative estimate of drug-likeness (QED) is 0.854. The molecule has 1 aromatic rings. The molecule has 0 saturated heterocycles. The summed E-state index contributed by atoms with van der Waals surface area (Å²) >= 11 is 1.51. The summed E-state index contributed by atoms with van der Waals surface area (Å²) < 4.78 is 0. The highest BCUT2D eigenvalue weighted by Crippen LogP contribution is 2.30. The Morgan fingerprint density at radius 2 is 2.07 bits per heavy atom. The summed E-state index contributed by atoms with van der Waals surface area (Å²) in [5, 5.41) is 2.74. The van der Waals surface area contributed by atoms with E-state index in [9.17, 15) is 4.79 Å². The Morgan fingerprint density at radius 1 is 1.47 bits per heavy atom. The molecule has 0 atom stereocenters. The first-order chi connectivity index (χ1) is 6.75. The highest BCUT2D eigenvalue weighted by Gasteiger charge is 2.39. The highest BCUT2D eigenvalue weighted by atomic mass is 32.1. The third-order valence-electron chi connectivity index (χ3n) is 3.10. The molecule has 0 amide bonds. The number of Topliss-reactive ketones (excluding diaryl/α,β-unsaturated/α-hetero) is 1. The average Bonchev–Trinajstić information content (AvgIpc) is 2.54. The minimum absolute atomic E-state index is 0.143. The maximum atomic E-state index is 12.1. The molecule has 0 radical (unpaired) electrons. The molecule has 2 N–H and O–H groups in total. The predicted octanol–water partition coefficient (Wildman–Crippen LogP) is 2.02. The molecule has 0 aromatic carbocycles. The molecule has 1 aromatic heterocycles. The van der Waals surface area contributed by atoms with Crippen LogP contribution < -0.4 is 5.73 Å². The number of carbonyl (C=O) groups is 1. The third kappa shape index (κ3) is 2.63. The van der Waals surface area contributed by atoms with Gasteiger partial charge in [0.2, 0.25) is 0 Å². The molecule has 0 fully saturated rings. The van der Waals surface area contributed by atoms with Gasteiger partial charge in [-0.15, -0.1) is 11.3 Å². The largest absolute Gasteiger partial charge is 0.325 e. The zero-order chi connectivity index (χ0) is 11.7. The molecule has 3 nitrogen and oxygen atoms in total. The lowest BCUT2D eigenvalue weighted by Crippen LogP contribution is -2.52. The maximum Gasteiger partial charge on any atom is 0.147 e. The first kappa shape index (κ1) is 12.3. The molecule has 0 spiro atoms. The van der Waals surface area contributed by atoms with Crippen LogP contribution in [0.25, 0.3) is 0 Å². The summed E-state index contributed by atoms with van der Waals surface area (Å²) in [4.78, 5) is 16.2. The van der Waals surface area contributed by atoms with Gasteiger partial charge in [-0.3, -0.25) is 4.79 Å². The number of aromatic nitrogens is 1. The molecule has 15 heavy (non-hydrogen) atoms. The van der Waals surface area contributed by atoms with E-state index in [1.54, 1.807) is 6.20 Å². The highest BCUT2D eigenvalue weighted by molar-refractivity contribution is 7.09. The van der Waals surface area contributed by atoms with Crippen LogP contribution in [0.1, 0.15) is 32.7 Å². The lowest BCUT2D eigenvalue weighted by atomic mass is 9.71. The Balaban J connectivity index is 2.77. The van der Waals surface area contributed by atoms with Crippen LogP contribution in [0, 0.1) is 5.41 Å². The average molecular weight is 226 g/mol. The summed E-state index contributed by atoms with van der Waals surface area (Å²) in [6, 6.07) is 0. The van der Waals surface area contributed by atoms with E-state index in [4.69, 9.17) is 5.73 Å². The lowest BCUT2D eigenvalue weighted by Gasteiger charge is -2.36. The minimum atomic E-state index is -0.529. The van der Waals surface area contributed by atoms with Gasteiger partial charge in [0.25, 0.3) is 0 Å². The number of hydrogen-bond donors (Lipinski definition) is 1. The number of rotatable bonds is 4. The first-order valence-electron chi connectivity index (χ1n) is 4.95. The zero-order valence-corrected chi connectivity index (χ0v) is 10.5. The van der Waals surface area contributed by atoms with E-state index in [-0.39, 0.29) is 5.78 Å². The van der Waals surface area contributed by atoms with E-state index in [1.807, 2.05) is 33.1 Å². The summed E-state index contributed by atoms with van der Waals surface area (Å²) in [7, 11) is 0. The fourth-order valence-electron chi connectivity index (χ4n) is 1.06. The maximum absolute atomic E-state index is 12.1. The van der Waals surface area contributed by atoms with Crippen LogP contribution in [0.5, 0.6) is 0 Å². The smallest absolute Gasteiger partial charge is 0.147 e. The Morgan fingerprint density at radius 3 is 2.47 bits per heavy atom. The van der Waals surface area contributed by atoms with Crippen molar-refractivity contribution in [2.24, 2.45) is 11.1 Å². The van der Waals surface area contributed by atoms with Crippen LogP contribution in [0.2, 0.25) is 0 Å². The van der Waals surface area contributed by atoms with Crippen molar-refractivity contribution >= 4 is 17.1 Å². The molecule has 84 valence electrons. The van der Waals surface area contributed by atoms with Gasteiger partial charge in [-0.1, -0.05) is 13.8 Å². The number of ketones is 1. The van der Waals surface area contributed by atoms with E-state index in [2.05, 4.69) is 4.98 Å². The van der Waals surface area contributed by atoms with Crippen LogP contribution in [0.4, 0.5) is 0 Å². The fraction of sp³-hybridized carbons (Fsp3) is 0.636. The molecule has 0 unspecified atom stereocenters. The second kappa shape index (κ2) is 4.02. The Labute approximate surface area is 94.7 Å². The zero-order valence-electron chi connectivity index (χ0n) is 9.70. The molecule has 1 rings (SSSR count). The minimum Gasteiger partial charge on any atom is -0.325 e. The SMILES string of the molecule is CC(C)(N)C(C)(C)C(=O)Cc1nccs1. The second-order valence-corrected chi connectivity index (χ2v) is 5.85. The van der Waals surface area contributed by atoms with Crippen molar-refractivity contribution in [2.45, 2.75) is 39.7 Å². The van der Waals surface area contributed by atoms with Crippen LogP contribution in [0.15, 0.2) is 11.6 Å². The van der Waals surface area contributed by atoms with Crippen molar-refractivity contribution in [3.05, 3.63) is 16.6 Å². The van der Waals surface area contributed by atoms with Gasteiger partial charge in [0, 0.05) is 22.5 Å². The van der Waals surface area contributed by atoms with Gasteiger partial charge in [0.1, 0.15) is 5.78 Å². The Bertz CT molecular complexity index is 336. The second-order valence-electron chi connectivity index (χ2n) is 4.87. The summed E-state index contributed by atoms with van der Waals surface area (Å²) in [5.74, 6) is 0.143. The summed E-state index contributed by atoms with van der Waals surface area (Å²) in [6.45, 7) is 7.55. The topological polar surface area (TPSA) is 56.0 Å². The van der Waals surface area contributed by atoms with Crippen LogP contribution in [-0.4, -0.2) is 16.3 Å². The Hall–Kier alpha value is -0.740.